The average Bonchev–Trinajstić information content (AvgIpc) is 2.89. The summed E-state index contributed by atoms with van der Waals surface area (Å²) in [5.74, 6) is -0.234. The summed E-state index contributed by atoms with van der Waals surface area (Å²) >= 11 is 10.6. The van der Waals surface area contributed by atoms with E-state index in [4.69, 9.17) is 11.6 Å². The third-order valence-electron chi connectivity index (χ3n) is 2.92. The molecule has 1 amide bonds. The third-order valence-corrected chi connectivity index (χ3v) is 4.24. The van der Waals surface area contributed by atoms with E-state index in [0.29, 0.717) is 27.3 Å². The van der Waals surface area contributed by atoms with Crippen molar-refractivity contribution in [2.24, 2.45) is 0 Å². The number of carbonyl (C=O) groups excluding carboxylic acids is 1. The van der Waals surface area contributed by atoms with Gasteiger partial charge >= 0.3 is 0 Å². The van der Waals surface area contributed by atoms with Gasteiger partial charge in [-0.3, -0.25) is 4.79 Å². The van der Waals surface area contributed by atoms with Crippen molar-refractivity contribution < 1.29 is 4.79 Å². The molecule has 0 saturated carbocycles. The van der Waals surface area contributed by atoms with Gasteiger partial charge < -0.3 is 5.32 Å². The van der Waals surface area contributed by atoms with Gasteiger partial charge in [-0.25, -0.2) is 0 Å². The molecule has 0 aliphatic heterocycles. The maximum absolute atomic E-state index is 12.4. The van der Waals surface area contributed by atoms with E-state index in [2.05, 4.69) is 30.0 Å². The Bertz CT molecular complexity index is 829. The number of nitrogens with one attached hydrogen (secondary N) is 1. The number of aryl methyl sites for hydroxylation is 1. The molecule has 3 aromatic rings. The molecule has 0 aliphatic carbocycles. The monoisotopic (exact) mass is 381 g/mol. The van der Waals surface area contributed by atoms with Gasteiger partial charge in [-0.2, -0.15) is 8.75 Å². The van der Waals surface area contributed by atoms with Crippen LogP contribution in [0.5, 0.6) is 0 Å². The molecule has 0 spiro atoms. The Morgan fingerprint density at radius 2 is 2.10 bits per heavy atom. The SMILES string of the molecule is Cc1cc(Br)cc(C(=O)Nc2c(Cl)ccc3nsnc23)c1. The Kier molecular flexibility index (Phi) is 3.93. The number of aromatic nitrogens is 2. The van der Waals surface area contributed by atoms with Crippen LogP contribution in [0, 0.1) is 6.92 Å². The molecular weight excluding hydrogens is 374 g/mol. The second kappa shape index (κ2) is 5.71. The van der Waals surface area contributed by atoms with Gasteiger partial charge in [0.2, 0.25) is 0 Å². The molecule has 3 rings (SSSR count). The number of rotatable bonds is 2. The van der Waals surface area contributed by atoms with Crippen LogP contribution in [0.2, 0.25) is 5.02 Å². The summed E-state index contributed by atoms with van der Waals surface area (Å²) in [6.07, 6.45) is 0. The molecule has 0 radical (unpaired) electrons. The number of amides is 1. The van der Waals surface area contributed by atoms with Crippen molar-refractivity contribution in [3.05, 3.63) is 51.0 Å². The molecule has 0 atom stereocenters. The lowest BCUT2D eigenvalue weighted by Crippen LogP contribution is -2.13. The van der Waals surface area contributed by atoms with Gasteiger partial charge in [0.05, 0.1) is 22.4 Å². The van der Waals surface area contributed by atoms with Gasteiger partial charge in [0.1, 0.15) is 11.0 Å². The molecule has 1 aromatic heterocycles. The average molecular weight is 383 g/mol. The minimum Gasteiger partial charge on any atom is -0.319 e. The first-order valence-corrected chi connectivity index (χ1v) is 7.94. The van der Waals surface area contributed by atoms with E-state index in [9.17, 15) is 4.79 Å². The van der Waals surface area contributed by atoms with E-state index in [1.54, 1.807) is 18.2 Å². The molecule has 0 unspecified atom stereocenters. The fourth-order valence-electron chi connectivity index (χ4n) is 2.00. The Morgan fingerprint density at radius 1 is 1.29 bits per heavy atom. The molecule has 4 nitrogen and oxygen atoms in total. The summed E-state index contributed by atoms with van der Waals surface area (Å²) < 4.78 is 9.18. The largest absolute Gasteiger partial charge is 0.319 e. The normalized spacial score (nSPS) is 10.8. The van der Waals surface area contributed by atoms with Gasteiger partial charge in [-0.1, -0.05) is 27.5 Å². The number of benzene rings is 2. The second-order valence-electron chi connectivity index (χ2n) is 4.53. The van der Waals surface area contributed by atoms with Crippen LogP contribution in [-0.2, 0) is 0 Å². The van der Waals surface area contributed by atoms with Gasteiger partial charge in [-0.05, 0) is 42.8 Å². The quantitative estimate of drug-likeness (QED) is 0.701. The van der Waals surface area contributed by atoms with Crippen molar-refractivity contribution in [2.45, 2.75) is 6.92 Å². The van der Waals surface area contributed by atoms with Crippen molar-refractivity contribution in [3.8, 4) is 0 Å². The molecular formula is C14H9BrClN3OS. The summed E-state index contributed by atoms with van der Waals surface area (Å²) in [6.45, 7) is 1.93. The number of carbonyl (C=O) groups is 1. The van der Waals surface area contributed by atoms with Crippen molar-refractivity contribution in [1.29, 1.82) is 0 Å². The number of fused-ring (bicyclic) bond motifs is 1. The predicted octanol–water partition coefficient (Wildman–Crippen LogP) is 4.67. The van der Waals surface area contributed by atoms with Crippen molar-refractivity contribution >= 4 is 61.9 Å². The Balaban J connectivity index is 2.00. The molecule has 1 heterocycles. The molecule has 1 N–H and O–H groups in total. The van der Waals surface area contributed by atoms with E-state index in [1.165, 1.54) is 0 Å². The lowest BCUT2D eigenvalue weighted by molar-refractivity contribution is 0.102. The second-order valence-corrected chi connectivity index (χ2v) is 6.38. The van der Waals surface area contributed by atoms with Crippen LogP contribution in [-0.4, -0.2) is 14.7 Å². The van der Waals surface area contributed by atoms with Gasteiger partial charge in [0.15, 0.2) is 0 Å². The summed E-state index contributed by atoms with van der Waals surface area (Å²) in [6, 6.07) is 8.99. The summed E-state index contributed by atoms with van der Waals surface area (Å²) in [5.41, 5.74) is 3.36. The number of hydrogen-bond donors (Lipinski definition) is 1. The van der Waals surface area contributed by atoms with E-state index in [1.807, 2.05) is 19.1 Å². The van der Waals surface area contributed by atoms with E-state index >= 15 is 0 Å². The molecule has 0 bridgehead atoms. The predicted molar refractivity (Wildman–Crippen MR) is 89.3 cm³/mol. The van der Waals surface area contributed by atoms with Gasteiger partial charge in [-0.15, -0.1) is 0 Å². The van der Waals surface area contributed by atoms with Crippen LogP contribution < -0.4 is 5.32 Å². The van der Waals surface area contributed by atoms with Crippen LogP contribution in [0.15, 0.2) is 34.8 Å². The molecule has 106 valence electrons. The summed E-state index contributed by atoms with van der Waals surface area (Å²) in [5, 5.41) is 3.26. The first-order valence-electron chi connectivity index (χ1n) is 6.04. The van der Waals surface area contributed by atoms with Gasteiger partial charge in [0.25, 0.3) is 5.91 Å². The summed E-state index contributed by atoms with van der Waals surface area (Å²) in [7, 11) is 0. The highest BCUT2D eigenvalue weighted by Gasteiger charge is 2.14. The molecule has 7 heteroatoms. The lowest BCUT2D eigenvalue weighted by Gasteiger charge is -2.08. The lowest BCUT2D eigenvalue weighted by atomic mass is 10.1. The fraction of sp³-hybridized carbons (Fsp3) is 0.0714. The smallest absolute Gasteiger partial charge is 0.255 e. The third kappa shape index (κ3) is 2.92. The molecule has 0 fully saturated rings. The minimum absolute atomic E-state index is 0.234. The maximum atomic E-state index is 12.4. The minimum atomic E-state index is -0.234. The van der Waals surface area contributed by atoms with Crippen molar-refractivity contribution in [2.75, 3.05) is 5.32 Å². The highest BCUT2D eigenvalue weighted by atomic mass is 79.9. The van der Waals surface area contributed by atoms with Gasteiger partial charge in [0, 0.05) is 10.0 Å². The van der Waals surface area contributed by atoms with Crippen molar-refractivity contribution in [1.82, 2.24) is 8.75 Å². The highest BCUT2D eigenvalue weighted by Crippen LogP contribution is 2.30. The zero-order chi connectivity index (χ0) is 15.0. The Labute approximate surface area is 138 Å². The molecule has 0 saturated heterocycles. The first-order chi connectivity index (χ1) is 10.0. The highest BCUT2D eigenvalue weighted by molar-refractivity contribution is 9.10. The van der Waals surface area contributed by atoms with E-state index in [0.717, 1.165) is 21.8 Å². The van der Waals surface area contributed by atoms with Crippen LogP contribution >= 0.6 is 39.3 Å². The zero-order valence-corrected chi connectivity index (χ0v) is 14.0. The number of halogens is 2. The molecule has 0 aliphatic rings. The topological polar surface area (TPSA) is 54.9 Å². The number of nitrogens with zero attached hydrogens (tertiary/aromatic N) is 2. The van der Waals surface area contributed by atoms with E-state index < -0.39 is 0 Å². The molecule has 2 aromatic carbocycles. The Hall–Kier alpha value is -1.50. The van der Waals surface area contributed by atoms with Crippen LogP contribution in [0.1, 0.15) is 15.9 Å². The standard InChI is InChI=1S/C14H9BrClN3OS/c1-7-4-8(6-9(15)5-7)14(20)17-12-10(16)2-3-11-13(12)19-21-18-11/h2-6H,1H3,(H,17,20). The van der Waals surface area contributed by atoms with Crippen LogP contribution in [0.25, 0.3) is 11.0 Å². The van der Waals surface area contributed by atoms with E-state index in [-0.39, 0.29) is 5.91 Å². The molecule has 21 heavy (non-hydrogen) atoms. The zero-order valence-electron chi connectivity index (χ0n) is 10.9. The maximum Gasteiger partial charge on any atom is 0.255 e. The Morgan fingerprint density at radius 3 is 2.86 bits per heavy atom. The number of hydrogen-bond acceptors (Lipinski definition) is 4. The first kappa shape index (κ1) is 14.4. The van der Waals surface area contributed by atoms with Crippen molar-refractivity contribution in [3.63, 3.8) is 0 Å². The fourth-order valence-corrected chi connectivity index (χ4v) is 3.35. The summed E-state index contributed by atoms with van der Waals surface area (Å²) in [4.78, 5) is 12.4. The van der Waals surface area contributed by atoms with Crippen LogP contribution in [0.3, 0.4) is 0 Å². The van der Waals surface area contributed by atoms with Crippen LogP contribution in [0.4, 0.5) is 5.69 Å². The number of anilines is 1.